The number of carbonyl (C=O) groups is 1. The van der Waals surface area contributed by atoms with E-state index in [-0.39, 0.29) is 16.8 Å². The Kier molecular flexibility index (Phi) is 7.77. The van der Waals surface area contributed by atoms with Crippen molar-refractivity contribution in [3.63, 3.8) is 0 Å². The van der Waals surface area contributed by atoms with E-state index in [0.29, 0.717) is 24.3 Å². The molecule has 8 heteroatoms. The molecule has 2 N–H and O–H groups in total. The van der Waals surface area contributed by atoms with E-state index < -0.39 is 10.0 Å². The van der Waals surface area contributed by atoms with Crippen LogP contribution in [-0.2, 0) is 21.4 Å². The standard InChI is InChI=1S/C20H29N3O3S2/c1-6-23(7-2)28(25,26)19-13-17(11-10-15(19)3)21-20(24)16(4)22(5)14-18-9-8-12-27-18/h8-13,16H,6-7,14H2,1-5H3,(H,21,24)/p+1/t16-/m0/s1. The number of thiophene rings is 1. The van der Waals surface area contributed by atoms with Crippen molar-refractivity contribution in [1.29, 1.82) is 0 Å². The van der Waals surface area contributed by atoms with E-state index in [4.69, 9.17) is 0 Å². The van der Waals surface area contributed by atoms with Crippen molar-refractivity contribution in [2.75, 3.05) is 25.5 Å². The van der Waals surface area contributed by atoms with E-state index in [0.717, 1.165) is 11.4 Å². The van der Waals surface area contributed by atoms with Gasteiger partial charge in [0.1, 0.15) is 6.54 Å². The van der Waals surface area contributed by atoms with Crippen LogP contribution in [0.25, 0.3) is 0 Å². The molecule has 1 heterocycles. The zero-order chi connectivity index (χ0) is 20.9. The van der Waals surface area contributed by atoms with Gasteiger partial charge in [0.15, 0.2) is 6.04 Å². The van der Waals surface area contributed by atoms with E-state index in [1.165, 1.54) is 9.18 Å². The van der Waals surface area contributed by atoms with Crippen LogP contribution in [0.4, 0.5) is 5.69 Å². The number of nitrogens with zero attached hydrogens (tertiary/aromatic N) is 1. The SMILES string of the molecule is CCN(CC)S(=O)(=O)c1cc(NC(=O)[C@H](C)[NH+](C)Cc2cccs2)ccc1C. The highest BCUT2D eigenvalue weighted by atomic mass is 32.2. The second-order valence-corrected chi connectivity index (χ2v) is 9.82. The summed E-state index contributed by atoms with van der Waals surface area (Å²) in [4.78, 5) is 15.2. The Bertz CT molecular complexity index is 891. The van der Waals surface area contributed by atoms with Crippen molar-refractivity contribution in [3.05, 3.63) is 46.2 Å². The van der Waals surface area contributed by atoms with E-state index in [2.05, 4.69) is 11.4 Å². The van der Waals surface area contributed by atoms with Crippen molar-refractivity contribution < 1.29 is 18.1 Å². The summed E-state index contributed by atoms with van der Waals surface area (Å²) in [6, 6.07) is 8.83. The molecular formula is C20H30N3O3S2+. The van der Waals surface area contributed by atoms with Crippen LogP contribution >= 0.6 is 11.3 Å². The number of hydrogen-bond donors (Lipinski definition) is 2. The second kappa shape index (κ2) is 9.65. The fraction of sp³-hybridized carbons (Fsp3) is 0.450. The second-order valence-electron chi connectivity index (χ2n) is 6.88. The topological polar surface area (TPSA) is 70.9 Å². The summed E-state index contributed by atoms with van der Waals surface area (Å²) in [5.41, 5.74) is 1.16. The number of carbonyl (C=O) groups excluding carboxylic acids is 1. The summed E-state index contributed by atoms with van der Waals surface area (Å²) in [7, 11) is -1.60. The fourth-order valence-corrected chi connectivity index (χ4v) is 5.48. The summed E-state index contributed by atoms with van der Waals surface area (Å²) < 4.78 is 27.2. The van der Waals surface area contributed by atoms with Crippen molar-refractivity contribution in [3.8, 4) is 0 Å². The first kappa shape index (κ1) is 22.5. The first-order chi connectivity index (χ1) is 13.2. The van der Waals surface area contributed by atoms with Crippen LogP contribution in [0.1, 0.15) is 31.2 Å². The van der Waals surface area contributed by atoms with Crippen LogP contribution in [0, 0.1) is 6.92 Å². The molecule has 1 unspecified atom stereocenters. The number of nitrogens with one attached hydrogen (secondary N) is 2. The van der Waals surface area contributed by atoms with E-state index in [9.17, 15) is 13.2 Å². The van der Waals surface area contributed by atoms with Gasteiger partial charge in [-0.1, -0.05) is 26.0 Å². The number of quaternary nitrogens is 1. The van der Waals surface area contributed by atoms with Gasteiger partial charge in [-0.25, -0.2) is 8.42 Å². The minimum Gasteiger partial charge on any atom is -0.323 e. The van der Waals surface area contributed by atoms with Crippen molar-refractivity contribution in [1.82, 2.24) is 4.31 Å². The fourth-order valence-electron chi connectivity index (χ4n) is 2.97. The molecule has 0 spiro atoms. The molecule has 0 fully saturated rings. The highest BCUT2D eigenvalue weighted by Crippen LogP contribution is 2.23. The summed E-state index contributed by atoms with van der Waals surface area (Å²) in [5, 5.41) is 4.90. The molecule has 2 aromatic rings. The van der Waals surface area contributed by atoms with Gasteiger partial charge in [0.05, 0.1) is 16.8 Å². The molecule has 1 aromatic heterocycles. The third-order valence-electron chi connectivity index (χ3n) is 4.94. The predicted octanol–water partition coefficient (Wildman–Crippen LogP) is 2.13. The molecule has 0 aliphatic heterocycles. The van der Waals surface area contributed by atoms with E-state index >= 15 is 0 Å². The smallest absolute Gasteiger partial charge is 0.282 e. The maximum Gasteiger partial charge on any atom is 0.282 e. The Morgan fingerprint density at radius 3 is 2.50 bits per heavy atom. The molecule has 1 amide bonds. The summed E-state index contributed by atoms with van der Waals surface area (Å²) in [5.74, 6) is -0.135. The van der Waals surface area contributed by atoms with Crippen LogP contribution in [0.3, 0.4) is 0 Å². The summed E-state index contributed by atoms with van der Waals surface area (Å²) >= 11 is 1.67. The third-order valence-corrected chi connectivity index (χ3v) is 8.01. The molecule has 6 nitrogen and oxygen atoms in total. The number of likely N-dealkylation sites (N-methyl/N-ethyl adjacent to an activating group) is 1. The first-order valence-corrected chi connectivity index (χ1v) is 11.8. The Morgan fingerprint density at radius 1 is 1.25 bits per heavy atom. The van der Waals surface area contributed by atoms with Gasteiger partial charge < -0.3 is 10.2 Å². The lowest BCUT2D eigenvalue weighted by molar-refractivity contribution is -0.907. The largest absolute Gasteiger partial charge is 0.323 e. The van der Waals surface area contributed by atoms with Gasteiger partial charge in [-0.2, -0.15) is 4.31 Å². The number of sulfonamides is 1. The number of aryl methyl sites for hydroxylation is 1. The van der Waals surface area contributed by atoms with Gasteiger partial charge in [-0.15, -0.1) is 11.3 Å². The van der Waals surface area contributed by atoms with Crippen LogP contribution < -0.4 is 10.2 Å². The lowest BCUT2D eigenvalue weighted by Crippen LogP contribution is -3.12. The number of amides is 1. The summed E-state index contributed by atoms with van der Waals surface area (Å²) in [6.07, 6.45) is 0. The molecule has 2 atom stereocenters. The molecular weight excluding hydrogens is 394 g/mol. The van der Waals surface area contributed by atoms with Crippen LogP contribution in [0.5, 0.6) is 0 Å². The Labute approximate surface area is 172 Å². The minimum atomic E-state index is -3.58. The third kappa shape index (κ3) is 5.20. The van der Waals surface area contributed by atoms with Crippen molar-refractivity contribution in [2.45, 2.75) is 45.2 Å². The Balaban J connectivity index is 2.17. The number of benzene rings is 1. The lowest BCUT2D eigenvalue weighted by Gasteiger charge is -2.22. The lowest BCUT2D eigenvalue weighted by atomic mass is 10.2. The average molecular weight is 425 g/mol. The zero-order valence-electron chi connectivity index (χ0n) is 17.2. The van der Waals surface area contributed by atoms with Gasteiger partial charge in [0.2, 0.25) is 10.0 Å². The number of rotatable bonds is 9. The first-order valence-electron chi connectivity index (χ1n) is 9.47. The molecule has 2 rings (SSSR count). The summed E-state index contributed by atoms with van der Waals surface area (Å²) in [6.45, 7) is 8.85. The molecule has 0 aliphatic carbocycles. The van der Waals surface area contributed by atoms with Gasteiger partial charge in [0.25, 0.3) is 5.91 Å². The molecule has 0 radical (unpaired) electrons. The van der Waals surface area contributed by atoms with E-state index in [1.54, 1.807) is 36.5 Å². The molecule has 154 valence electrons. The molecule has 0 saturated heterocycles. The highest BCUT2D eigenvalue weighted by Gasteiger charge is 2.26. The van der Waals surface area contributed by atoms with Crippen molar-refractivity contribution in [2.24, 2.45) is 0 Å². The van der Waals surface area contributed by atoms with Crippen LogP contribution in [0.15, 0.2) is 40.6 Å². The van der Waals surface area contributed by atoms with Crippen LogP contribution in [-0.4, -0.2) is 44.8 Å². The molecule has 28 heavy (non-hydrogen) atoms. The van der Waals surface area contributed by atoms with Crippen LogP contribution in [0.2, 0.25) is 0 Å². The monoisotopic (exact) mass is 424 g/mol. The number of anilines is 1. The Hall–Kier alpha value is -1.74. The van der Waals surface area contributed by atoms with Gasteiger partial charge >= 0.3 is 0 Å². The minimum absolute atomic E-state index is 0.135. The average Bonchev–Trinajstić information content (AvgIpc) is 3.16. The molecule has 1 aromatic carbocycles. The quantitative estimate of drug-likeness (QED) is 0.648. The van der Waals surface area contributed by atoms with Crippen molar-refractivity contribution >= 4 is 33.0 Å². The van der Waals surface area contributed by atoms with Gasteiger partial charge in [-0.05, 0) is 43.0 Å². The maximum atomic E-state index is 12.9. The molecule has 0 saturated carbocycles. The Morgan fingerprint density at radius 2 is 1.93 bits per heavy atom. The highest BCUT2D eigenvalue weighted by molar-refractivity contribution is 7.89. The molecule has 0 aliphatic rings. The normalized spacial score (nSPS) is 14.1. The van der Waals surface area contributed by atoms with Gasteiger partial charge in [0, 0.05) is 18.8 Å². The van der Waals surface area contributed by atoms with E-state index in [1.807, 2.05) is 39.3 Å². The zero-order valence-corrected chi connectivity index (χ0v) is 18.8. The predicted molar refractivity (Wildman–Crippen MR) is 114 cm³/mol. The maximum absolute atomic E-state index is 12.9. The number of hydrogen-bond acceptors (Lipinski definition) is 4. The molecule has 0 bridgehead atoms. The van der Waals surface area contributed by atoms with Gasteiger partial charge in [-0.3, -0.25) is 4.79 Å².